The number of amides is 2. The minimum atomic E-state index is -0.669. The third kappa shape index (κ3) is 2.80. The molecule has 1 fully saturated rings. The van der Waals surface area contributed by atoms with E-state index in [4.69, 9.17) is 0 Å². The van der Waals surface area contributed by atoms with E-state index in [1.54, 1.807) is 24.3 Å². The van der Waals surface area contributed by atoms with Crippen molar-refractivity contribution in [1.82, 2.24) is 0 Å². The largest absolute Gasteiger partial charge is 0.502 e. The Morgan fingerprint density at radius 1 is 1.00 bits per heavy atom. The standard InChI is InChI=1S/C20H20N2O3S/c1-13-8-10-21(11-9-13)14-4-6-15(7-5-14)22-19(24)17(18(23)20(22)25)16-3-2-12-26-16/h2-7,12-13,23H,8-11H2,1H3. The van der Waals surface area contributed by atoms with Gasteiger partial charge in [-0.3, -0.25) is 9.59 Å². The second-order valence-electron chi connectivity index (χ2n) is 6.83. The summed E-state index contributed by atoms with van der Waals surface area (Å²) in [6.07, 6.45) is 2.35. The van der Waals surface area contributed by atoms with Crippen LogP contribution in [0.4, 0.5) is 11.4 Å². The molecule has 0 aliphatic carbocycles. The van der Waals surface area contributed by atoms with E-state index in [0.29, 0.717) is 10.6 Å². The van der Waals surface area contributed by atoms with Crippen molar-refractivity contribution in [1.29, 1.82) is 0 Å². The van der Waals surface area contributed by atoms with Gasteiger partial charge in [-0.2, -0.15) is 0 Å². The number of piperidine rings is 1. The van der Waals surface area contributed by atoms with Crippen LogP contribution in [0.3, 0.4) is 0 Å². The number of carbonyl (C=O) groups is 2. The molecular weight excluding hydrogens is 348 g/mol. The van der Waals surface area contributed by atoms with Crippen LogP contribution in [0.15, 0.2) is 47.5 Å². The topological polar surface area (TPSA) is 60.9 Å². The van der Waals surface area contributed by atoms with Crippen molar-refractivity contribution in [3.63, 3.8) is 0 Å². The molecule has 1 aromatic carbocycles. The Bertz CT molecular complexity index is 863. The Morgan fingerprint density at radius 3 is 2.27 bits per heavy atom. The Morgan fingerprint density at radius 2 is 1.65 bits per heavy atom. The first-order chi connectivity index (χ1) is 12.6. The third-order valence-corrected chi connectivity index (χ3v) is 5.97. The summed E-state index contributed by atoms with van der Waals surface area (Å²) in [6, 6.07) is 10.9. The maximum absolute atomic E-state index is 12.7. The molecule has 1 saturated heterocycles. The van der Waals surface area contributed by atoms with Crippen LogP contribution in [0.5, 0.6) is 0 Å². The van der Waals surface area contributed by atoms with Crippen molar-refractivity contribution in [3.8, 4) is 0 Å². The number of carbonyl (C=O) groups excluding carboxylic acids is 2. The van der Waals surface area contributed by atoms with Gasteiger partial charge in [-0.25, -0.2) is 4.90 Å². The van der Waals surface area contributed by atoms with Crippen molar-refractivity contribution < 1.29 is 14.7 Å². The van der Waals surface area contributed by atoms with Crippen LogP contribution in [0.25, 0.3) is 5.57 Å². The fraction of sp³-hybridized carbons (Fsp3) is 0.300. The van der Waals surface area contributed by atoms with Crippen LogP contribution in [0.1, 0.15) is 24.6 Å². The quantitative estimate of drug-likeness (QED) is 0.837. The highest BCUT2D eigenvalue weighted by atomic mass is 32.1. The molecule has 5 nitrogen and oxygen atoms in total. The van der Waals surface area contributed by atoms with E-state index >= 15 is 0 Å². The van der Waals surface area contributed by atoms with Crippen LogP contribution in [-0.2, 0) is 9.59 Å². The molecule has 0 saturated carbocycles. The molecule has 1 N–H and O–H groups in total. The summed E-state index contributed by atoms with van der Waals surface area (Å²) in [7, 11) is 0. The van der Waals surface area contributed by atoms with Gasteiger partial charge in [0.1, 0.15) is 5.57 Å². The lowest BCUT2D eigenvalue weighted by molar-refractivity contribution is -0.121. The predicted octanol–water partition coefficient (Wildman–Crippen LogP) is 3.83. The van der Waals surface area contributed by atoms with E-state index in [1.165, 1.54) is 24.2 Å². The van der Waals surface area contributed by atoms with Crippen molar-refractivity contribution in [3.05, 3.63) is 52.4 Å². The number of aliphatic hydroxyl groups is 1. The van der Waals surface area contributed by atoms with Gasteiger partial charge in [0.25, 0.3) is 5.91 Å². The average molecular weight is 368 g/mol. The molecule has 3 heterocycles. The highest BCUT2D eigenvalue weighted by molar-refractivity contribution is 7.11. The van der Waals surface area contributed by atoms with Gasteiger partial charge in [0, 0.05) is 23.7 Å². The molecule has 0 bridgehead atoms. The highest BCUT2D eigenvalue weighted by Gasteiger charge is 2.40. The summed E-state index contributed by atoms with van der Waals surface area (Å²) < 4.78 is 0. The van der Waals surface area contributed by atoms with Crippen molar-refractivity contribution in [2.24, 2.45) is 5.92 Å². The molecule has 2 aliphatic heterocycles. The van der Waals surface area contributed by atoms with Crippen LogP contribution in [0, 0.1) is 5.92 Å². The number of nitrogens with zero attached hydrogens (tertiary/aromatic N) is 2. The van der Waals surface area contributed by atoms with Crippen LogP contribution >= 0.6 is 11.3 Å². The summed E-state index contributed by atoms with van der Waals surface area (Å²) >= 11 is 1.32. The van der Waals surface area contributed by atoms with Gasteiger partial charge in [-0.15, -0.1) is 11.3 Å². The zero-order chi connectivity index (χ0) is 18.3. The normalized spacial score (nSPS) is 19.0. The molecule has 1 aromatic heterocycles. The van der Waals surface area contributed by atoms with E-state index in [1.807, 2.05) is 17.5 Å². The molecule has 26 heavy (non-hydrogen) atoms. The van der Waals surface area contributed by atoms with Gasteiger partial charge >= 0.3 is 5.91 Å². The van der Waals surface area contributed by atoms with E-state index in [2.05, 4.69) is 11.8 Å². The summed E-state index contributed by atoms with van der Waals surface area (Å²) in [5, 5.41) is 12.0. The predicted molar refractivity (Wildman–Crippen MR) is 103 cm³/mol. The molecule has 2 aromatic rings. The number of benzene rings is 1. The summed E-state index contributed by atoms with van der Waals surface area (Å²) in [5.41, 5.74) is 1.65. The van der Waals surface area contributed by atoms with Gasteiger partial charge in [0.15, 0.2) is 5.76 Å². The minimum absolute atomic E-state index is 0.0825. The first-order valence-electron chi connectivity index (χ1n) is 8.77. The monoisotopic (exact) mass is 368 g/mol. The average Bonchev–Trinajstić information content (AvgIpc) is 3.24. The Hall–Kier alpha value is -2.60. The SMILES string of the molecule is CC1CCN(c2ccc(N3C(=O)C(O)=C(c4cccs4)C3=O)cc2)CC1. The number of rotatable bonds is 3. The zero-order valence-corrected chi connectivity index (χ0v) is 15.3. The fourth-order valence-corrected chi connectivity index (χ4v) is 4.24. The molecule has 0 radical (unpaired) electrons. The van der Waals surface area contributed by atoms with Crippen LogP contribution in [-0.4, -0.2) is 30.0 Å². The molecule has 0 atom stereocenters. The molecule has 0 spiro atoms. The lowest BCUT2D eigenvalue weighted by Crippen LogP contribution is -2.33. The number of imide groups is 1. The van der Waals surface area contributed by atoms with Gasteiger partial charge in [0.2, 0.25) is 0 Å². The number of hydrogen-bond acceptors (Lipinski definition) is 5. The lowest BCUT2D eigenvalue weighted by atomic mass is 9.99. The summed E-state index contributed by atoms with van der Waals surface area (Å²) in [4.78, 5) is 29.1. The summed E-state index contributed by atoms with van der Waals surface area (Å²) in [5.74, 6) is -0.867. The lowest BCUT2D eigenvalue weighted by Gasteiger charge is -2.32. The summed E-state index contributed by atoms with van der Waals surface area (Å²) in [6.45, 7) is 4.32. The van der Waals surface area contributed by atoms with E-state index in [-0.39, 0.29) is 5.57 Å². The molecule has 4 rings (SSSR count). The number of thiophene rings is 1. The third-order valence-electron chi connectivity index (χ3n) is 5.08. The van der Waals surface area contributed by atoms with E-state index < -0.39 is 17.6 Å². The van der Waals surface area contributed by atoms with Gasteiger partial charge in [-0.05, 0) is 54.5 Å². The molecule has 2 amide bonds. The Balaban J connectivity index is 1.57. The van der Waals surface area contributed by atoms with E-state index in [9.17, 15) is 14.7 Å². The smallest absolute Gasteiger partial charge is 0.301 e. The second kappa shape index (κ2) is 6.61. The Kier molecular flexibility index (Phi) is 4.28. The maximum atomic E-state index is 12.7. The van der Waals surface area contributed by atoms with E-state index in [0.717, 1.165) is 29.6 Å². The van der Waals surface area contributed by atoms with Gasteiger partial charge in [-0.1, -0.05) is 13.0 Å². The first-order valence-corrected chi connectivity index (χ1v) is 9.65. The first kappa shape index (κ1) is 16.8. The molecule has 6 heteroatoms. The van der Waals surface area contributed by atoms with Gasteiger partial charge < -0.3 is 10.0 Å². The number of aliphatic hydroxyl groups excluding tert-OH is 1. The molecule has 134 valence electrons. The van der Waals surface area contributed by atoms with Crippen molar-refractivity contribution in [2.75, 3.05) is 22.9 Å². The fourth-order valence-electron chi connectivity index (χ4n) is 3.47. The van der Waals surface area contributed by atoms with Gasteiger partial charge in [0.05, 0.1) is 5.69 Å². The highest BCUT2D eigenvalue weighted by Crippen LogP contribution is 2.34. The second-order valence-corrected chi connectivity index (χ2v) is 7.78. The maximum Gasteiger partial charge on any atom is 0.301 e. The van der Waals surface area contributed by atoms with Crippen LogP contribution in [0.2, 0.25) is 0 Å². The van der Waals surface area contributed by atoms with Crippen molar-refractivity contribution in [2.45, 2.75) is 19.8 Å². The van der Waals surface area contributed by atoms with Crippen molar-refractivity contribution >= 4 is 40.1 Å². The molecule has 2 aliphatic rings. The molecule has 0 unspecified atom stereocenters. The number of hydrogen-bond donors (Lipinski definition) is 1. The Labute approximate surface area is 156 Å². The molecular formula is C20H20N2O3S. The zero-order valence-electron chi connectivity index (χ0n) is 14.5. The minimum Gasteiger partial charge on any atom is -0.502 e. The number of anilines is 2. The van der Waals surface area contributed by atoms with Crippen LogP contribution < -0.4 is 9.80 Å².